The predicted octanol–water partition coefficient (Wildman–Crippen LogP) is 0.707. The van der Waals surface area contributed by atoms with Gasteiger partial charge < -0.3 is 41.0 Å². The average Bonchev–Trinajstić information content (AvgIpc) is 2.59. The minimum atomic E-state index is -1.01. The Morgan fingerprint density at radius 3 is 1.80 bits per heavy atom. The zero-order valence-electron chi connectivity index (χ0n) is 13.6. The van der Waals surface area contributed by atoms with E-state index in [0.29, 0.717) is 17.0 Å². The number of carboxylic acid groups (broad SMARTS) is 1. The Hall–Kier alpha value is -2.07. The molecule has 0 heterocycles. The molecule has 8 nitrogen and oxygen atoms in total. The molecule has 25 heavy (non-hydrogen) atoms. The summed E-state index contributed by atoms with van der Waals surface area (Å²) in [7, 11) is 3.27. The van der Waals surface area contributed by atoms with Gasteiger partial charge in [0.2, 0.25) is 0 Å². The van der Waals surface area contributed by atoms with E-state index in [4.69, 9.17) is 30.4 Å². The van der Waals surface area contributed by atoms with Crippen LogP contribution in [0.25, 0.3) is 0 Å². The molecule has 0 aliphatic heterocycles. The molecule has 0 saturated heterocycles. The number of hydrogen-bond donors (Lipinski definition) is 3. The van der Waals surface area contributed by atoms with E-state index >= 15 is 0 Å². The minimum absolute atomic E-state index is 0. The fraction of sp³-hybridized carbons (Fsp3) is 0.214. The first-order valence-corrected chi connectivity index (χ1v) is 7.52. The van der Waals surface area contributed by atoms with Gasteiger partial charge in [0, 0.05) is 19.7 Å². The molecule has 1 radical (unpaired) electrons. The Bertz CT molecular complexity index is 717. The van der Waals surface area contributed by atoms with Crippen molar-refractivity contribution in [3.8, 4) is 0 Å². The number of amidine groups is 2. The maximum absolute atomic E-state index is 10.9. The third-order valence-electron chi connectivity index (χ3n) is 2.71. The average molecular weight is 428 g/mol. The molecule has 0 saturated carbocycles. The van der Waals surface area contributed by atoms with E-state index in [1.54, 1.807) is 33.2 Å². The smallest absolute Gasteiger partial charge is 0.741 e. The number of carbonyl (C=O) groups is 1. The zero-order valence-corrected chi connectivity index (χ0v) is 16.1. The van der Waals surface area contributed by atoms with Gasteiger partial charge in [0.25, 0.3) is 0 Å². The molecule has 0 aromatic heterocycles. The molecule has 0 spiro atoms. The van der Waals surface area contributed by atoms with Crippen molar-refractivity contribution >= 4 is 53.0 Å². The number of carboxylic acids is 1. The maximum atomic E-state index is 10.9. The number of nitrogens with one attached hydrogen (secondary N) is 2. The molecule has 0 fully saturated rings. The van der Waals surface area contributed by atoms with Gasteiger partial charge in [-0.3, -0.25) is 0 Å². The Morgan fingerprint density at radius 1 is 0.920 bits per heavy atom. The van der Waals surface area contributed by atoms with Gasteiger partial charge >= 0.3 is 23.0 Å². The summed E-state index contributed by atoms with van der Waals surface area (Å²) >= 11 is 9.84. The first kappa shape index (κ1) is 22.9. The second-order valence-corrected chi connectivity index (χ2v) is 5.10. The van der Waals surface area contributed by atoms with Crippen molar-refractivity contribution in [1.82, 2.24) is 10.6 Å². The summed E-state index contributed by atoms with van der Waals surface area (Å²) in [6, 6.07) is 6.14. The van der Waals surface area contributed by atoms with Crippen LogP contribution in [-0.2, 0) is 42.3 Å². The molecule has 11 heteroatoms. The van der Waals surface area contributed by atoms with Crippen LogP contribution in [-0.4, -0.2) is 46.9 Å². The number of benzene rings is 1. The zero-order chi connectivity index (χ0) is 18.1. The number of rotatable bonds is 5. The van der Waals surface area contributed by atoms with E-state index in [9.17, 15) is 4.79 Å². The van der Waals surface area contributed by atoms with Gasteiger partial charge in [-0.2, -0.15) is 15.3 Å². The molecular formula is C14H16CuN6O2S2. The van der Waals surface area contributed by atoms with Gasteiger partial charge in [-0.05, 0) is 29.4 Å². The van der Waals surface area contributed by atoms with Crippen LogP contribution < -0.4 is 10.6 Å². The maximum Gasteiger partial charge on any atom is 2.00 e. The van der Waals surface area contributed by atoms with Gasteiger partial charge in [0.05, 0.1) is 11.3 Å². The summed E-state index contributed by atoms with van der Waals surface area (Å²) in [6.45, 7) is 1.68. The molecule has 1 aromatic rings. The summed E-state index contributed by atoms with van der Waals surface area (Å²) in [5.41, 5.74) is 1.62. The summed E-state index contributed by atoms with van der Waals surface area (Å²) in [6.07, 6.45) is 0. The van der Waals surface area contributed by atoms with Crippen molar-refractivity contribution in [2.24, 2.45) is 20.4 Å². The van der Waals surface area contributed by atoms with Crippen molar-refractivity contribution in [3.63, 3.8) is 0 Å². The predicted molar refractivity (Wildman–Crippen MR) is 101 cm³/mol. The Kier molecular flexibility index (Phi) is 10.5. The molecule has 0 bridgehead atoms. The van der Waals surface area contributed by atoms with Crippen LogP contribution in [0.4, 0.5) is 0 Å². The normalized spacial score (nSPS) is 13.1. The van der Waals surface area contributed by atoms with Gasteiger partial charge in [-0.15, -0.1) is 5.10 Å². The number of nitrogens with zero attached hydrogens (tertiary/aromatic N) is 4. The molecule has 0 atom stereocenters. The minimum Gasteiger partial charge on any atom is -0.741 e. The van der Waals surface area contributed by atoms with E-state index < -0.39 is 5.97 Å². The van der Waals surface area contributed by atoms with Crippen molar-refractivity contribution in [1.29, 1.82) is 0 Å². The van der Waals surface area contributed by atoms with Crippen LogP contribution in [0.5, 0.6) is 0 Å². The van der Waals surface area contributed by atoms with Crippen molar-refractivity contribution in [3.05, 3.63) is 35.4 Å². The third-order valence-corrected chi connectivity index (χ3v) is 3.28. The van der Waals surface area contributed by atoms with Gasteiger partial charge in [0.15, 0.2) is 0 Å². The monoisotopic (exact) mass is 427 g/mol. The second kappa shape index (κ2) is 11.5. The van der Waals surface area contributed by atoms with Crippen LogP contribution in [0, 0.1) is 0 Å². The molecule has 0 aliphatic carbocycles. The van der Waals surface area contributed by atoms with Crippen LogP contribution in [0.1, 0.15) is 22.8 Å². The molecular weight excluding hydrogens is 412 g/mol. The Morgan fingerprint density at radius 2 is 1.36 bits per heavy atom. The Labute approximate surface area is 167 Å². The van der Waals surface area contributed by atoms with Crippen LogP contribution >= 0.6 is 0 Å². The first-order valence-electron chi connectivity index (χ1n) is 6.70. The third kappa shape index (κ3) is 7.57. The molecule has 0 aliphatic rings. The van der Waals surface area contributed by atoms with Crippen molar-refractivity contribution in [2.75, 3.05) is 14.1 Å². The van der Waals surface area contributed by atoms with Crippen LogP contribution in [0.3, 0.4) is 0 Å². The SMILES string of the molecule is CN/C([S-])=N/N=C(C)/C(=N/N=C(\[S-])NC)c1ccc(C(=O)O)cc1.[Cu+2]. The number of aromatic carboxylic acids is 1. The fourth-order valence-electron chi connectivity index (χ4n) is 1.47. The summed E-state index contributed by atoms with van der Waals surface area (Å²) in [4.78, 5) is 10.9. The van der Waals surface area contributed by atoms with E-state index in [2.05, 4.69) is 31.0 Å². The Balaban J connectivity index is 0.00000576. The molecule has 1 rings (SSSR count). The quantitative estimate of drug-likeness (QED) is 0.210. The van der Waals surface area contributed by atoms with Gasteiger partial charge in [-0.25, -0.2) is 4.79 Å². The van der Waals surface area contributed by atoms with Gasteiger partial charge in [-0.1, -0.05) is 12.1 Å². The molecule has 3 N–H and O–H groups in total. The van der Waals surface area contributed by atoms with Crippen LogP contribution in [0.2, 0.25) is 0 Å². The standard InChI is InChI=1S/C14H18N6O2S2.Cu/c1-8(17-19-13(23)15-2)11(18-20-14(24)16-3)9-4-6-10(7-5-9)12(21)22;/h4-7H,1-3H3,(H,21,22)(H2,15,19,23)(H2,16,20,24);/q;+2/p-2/b17-8+,18-11-;. The summed E-state index contributed by atoms with van der Waals surface area (Å²) < 4.78 is 0. The summed E-state index contributed by atoms with van der Waals surface area (Å²) in [5.74, 6) is -1.01. The molecule has 0 unspecified atom stereocenters. The van der Waals surface area contributed by atoms with E-state index in [1.165, 1.54) is 12.1 Å². The van der Waals surface area contributed by atoms with E-state index in [1.807, 2.05) is 0 Å². The molecule has 1 aromatic carbocycles. The topological polar surface area (TPSA) is 111 Å². The fourth-order valence-corrected chi connectivity index (χ4v) is 1.55. The van der Waals surface area contributed by atoms with E-state index in [-0.39, 0.29) is 33.0 Å². The molecule has 0 amide bonds. The largest absolute Gasteiger partial charge is 2.00 e. The summed E-state index contributed by atoms with van der Waals surface area (Å²) in [5, 5.41) is 30.5. The molecule has 137 valence electrons. The van der Waals surface area contributed by atoms with Gasteiger partial charge in [0.1, 0.15) is 5.71 Å². The first-order chi connectivity index (χ1) is 11.4. The van der Waals surface area contributed by atoms with Crippen LogP contribution in [0.15, 0.2) is 44.7 Å². The van der Waals surface area contributed by atoms with Crippen molar-refractivity contribution < 1.29 is 27.0 Å². The number of hydrogen-bond acceptors (Lipinski definition) is 7. The second-order valence-electron chi connectivity index (χ2n) is 4.33. The van der Waals surface area contributed by atoms with Crippen molar-refractivity contribution in [2.45, 2.75) is 6.92 Å². The van der Waals surface area contributed by atoms with E-state index in [0.717, 1.165) is 0 Å².